The Labute approximate surface area is 137 Å². The molecule has 3 rings (SSSR count). The van der Waals surface area contributed by atoms with Gasteiger partial charge < -0.3 is 9.80 Å². The molecule has 1 aromatic carbocycles. The number of nitrogens with one attached hydrogen (secondary N) is 3. The van der Waals surface area contributed by atoms with E-state index in [2.05, 4.69) is 47.6 Å². The van der Waals surface area contributed by atoms with Crippen LogP contribution in [0, 0.1) is 0 Å². The summed E-state index contributed by atoms with van der Waals surface area (Å²) in [6.07, 6.45) is 4.15. The Morgan fingerprint density at radius 1 is 0.909 bits per heavy atom. The van der Waals surface area contributed by atoms with Gasteiger partial charge in [0, 0.05) is 22.6 Å². The molecule has 0 atom stereocenters. The summed E-state index contributed by atoms with van der Waals surface area (Å²) in [6.45, 7) is 7.36. The van der Waals surface area contributed by atoms with Crippen molar-refractivity contribution in [2.75, 3.05) is 32.4 Å². The number of rotatable bonds is 5. The van der Waals surface area contributed by atoms with Gasteiger partial charge in [-0.3, -0.25) is 0 Å². The predicted octanol–water partition coefficient (Wildman–Crippen LogP) is -0.294. The molecule has 1 fully saturated rings. The lowest BCUT2D eigenvalue weighted by Crippen LogP contribution is -3.27. The van der Waals surface area contributed by atoms with Gasteiger partial charge in [0.15, 0.2) is 12.7 Å². The van der Waals surface area contributed by atoms with Gasteiger partial charge in [-0.2, -0.15) is 0 Å². The van der Waals surface area contributed by atoms with Crippen molar-refractivity contribution in [1.29, 1.82) is 0 Å². The molecule has 0 unspecified atom stereocenters. The highest BCUT2D eigenvalue weighted by atomic mass is 32.2. The maximum Gasteiger partial charge on any atom is 0.234 e. The third kappa shape index (κ3) is 4.32. The summed E-state index contributed by atoms with van der Waals surface area (Å²) in [4.78, 5) is 8.12. The number of hydrogen-bond acceptors (Lipinski definition) is 1. The molecule has 0 spiro atoms. The minimum absolute atomic E-state index is 1.12. The largest absolute Gasteiger partial charge is 0.322 e. The fraction of sp³-hybridized carbons (Fsp3) is 0.389. The molecule has 1 aromatic heterocycles. The van der Waals surface area contributed by atoms with Crippen molar-refractivity contribution < 1.29 is 14.8 Å². The van der Waals surface area contributed by atoms with E-state index in [0.29, 0.717) is 0 Å². The van der Waals surface area contributed by atoms with Crippen molar-refractivity contribution in [3.05, 3.63) is 59.9 Å². The Morgan fingerprint density at radius 2 is 1.59 bits per heavy atom. The number of aromatic nitrogens is 1. The molecule has 2 heterocycles. The van der Waals surface area contributed by atoms with Crippen molar-refractivity contribution >= 4 is 11.8 Å². The first kappa shape index (κ1) is 15.5. The number of pyridine rings is 1. The number of H-pyrrole nitrogens is 1. The van der Waals surface area contributed by atoms with Crippen LogP contribution in [0.5, 0.6) is 0 Å². The summed E-state index contributed by atoms with van der Waals surface area (Å²) in [5.74, 6) is 0. The highest BCUT2D eigenvalue weighted by Crippen LogP contribution is 2.14. The molecule has 0 radical (unpaired) electrons. The molecular formula is C18H26N3S+3. The first-order valence-corrected chi connectivity index (χ1v) is 9.31. The fourth-order valence-electron chi connectivity index (χ4n) is 3.15. The number of aromatic amines is 1. The van der Waals surface area contributed by atoms with Crippen LogP contribution in [0.15, 0.2) is 53.6 Å². The van der Waals surface area contributed by atoms with Gasteiger partial charge >= 0.3 is 0 Å². The van der Waals surface area contributed by atoms with E-state index >= 15 is 0 Å². The van der Waals surface area contributed by atoms with E-state index in [1.807, 2.05) is 24.0 Å². The SMILES string of the molecule is CSc1ccc(C[NH+]2CC[NH+](Cc3cccc[nH+]3)CC2)cc1. The maximum atomic E-state index is 3.35. The third-order valence-corrected chi connectivity index (χ3v) is 5.23. The van der Waals surface area contributed by atoms with Crippen molar-refractivity contribution in [3.63, 3.8) is 0 Å². The standard InChI is InChI=1S/C18H23N3S/c1-22-18-7-5-16(6-8-18)14-20-10-12-21(13-11-20)15-17-4-2-3-9-19-17/h2-9H,10-15H2,1H3/p+3. The minimum Gasteiger partial charge on any atom is -0.322 e. The second-order valence-corrected chi connectivity index (χ2v) is 6.97. The van der Waals surface area contributed by atoms with Gasteiger partial charge in [0.2, 0.25) is 5.69 Å². The van der Waals surface area contributed by atoms with Crippen LogP contribution in [0.1, 0.15) is 11.3 Å². The van der Waals surface area contributed by atoms with Gasteiger partial charge in [-0.05, 0) is 24.5 Å². The Kier molecular flexibility index (Phi) is 5.48. The molecule has 116 valence electrons. The number of piperazine rings is 1. The molecule has 2 aromatic rings. The van der Waals surface area contributed by atoms with Gasteiger partial charge in [-0.25, -0.2) is 4.98 Å². The average molecular weight is 316 g/mol. The van der Waals surface area contributed by atoms with Gasteiger partial charge in [-0.15, -0.1) is 11.8 Å². The molecule has 3 N–H and O–H groups in total. The first-order valence-electron chi connectivity index (χ1n) is 8.09. The Balaban J connectivity index is 1.47. The zero-order valence-corrected chi connectivity index (χ0v) is 14.1. The molecule has 0 bridgehead atoms. The van der Waals surface area contributed by atoms with Crippen LogP contribution in [0.4, 0.5) is 0 Å². The Bertz CT molecular complexity index is 563. The zero-order valence-electron chi connectivity index (χ0n) is 13.3. The topological polar surface area (TPSA) is 23.0 Å². The Hall–Kier alpha value is -1.36. The van der Waals surface area contributed by atoms with Crippen LogP contribution in [0.2, 0.25) is 0 Å². The summed E-state index contributed by atoms with van der Waals surface area (Å²) in [5.41, 5.74) is 2.81. The summed E-state index contributed by atoms with van der Waals surface area (Å²) >= 11 is 1.81. The van der Waals surface area contributed by atoms with Gasteiger partial charge in [0.1, 0.15) is 32.7 Å². The highest BCUT2D eigenvalue weighted by molar-refractivity contribution is 7.98. The van der Waals surface area contributed by atoms with Crippen molar-refractivity contribution in [2.24, 2.45) is 0 Å². The average Bonchev–Trinajstić information content (AvgIpc) is 2.58. The van der Waals surface area contributed by atoms with E-state index in [0.717, 1.165) is 6.54 Å². The quantitative estimate of drug-likeness (QED) is 0.727. The molecular weight excluding hydrogens is 290 g/mol. The van der Waals surface area contributed by atoms with E-state index in [1.165, 1.54) is 48.9 Å². The molecule has 1 saturated heterocycles. The van der Waals surface area contributed by atoms with Gasteiger partial charge in [0.05, 0.1) is 0 Å². The molecule has 1 aliphatic heterocycles. The van der Waals surface area contributed by atoms with Crippen LogP contribution >= 0.6 is 11.8 Å². The smallest absolute Gasteiger partial charge is 0.234 e. The lowest BCUT2D eigenvalue weighted by molar-refractivity contribution is -1.03. The second-order valence-electron chi connectivity index (χ2n) is 6.09. The summed E-state index contributed by atoms with van der Waals surface area (Å²) in [6, 6.07) is 15.4. The fourth-order valence-corrected chi connectivity index (χ4v) is 3.56. The number of hydrogen-bond donors (Lipinski definition) is 2. The molecule has 0 aliphatic carbocycles. The third-order valence-electron chi connectivity index (χ3n) is 4.49. The monoisotopic (exact) mass is 316 g/mol. The van der Waals surface area contributed by atoms with Gasteiger partial charge in [-0.1, -0.05) is 12.1 Å². The van der Waals surface area contributed by atoms with Crippen molar-refractivity contribution in [1.82, 2.24) is 0 Å². The van der Waals surface area contributed by atoms with Crippen LogP contribution in [0.25, 0.3) is 0 Å². The number of quaternary nitrogens is 2. The molecule has 0 saturated carbocycles. The van der Waals surface area contributed by atoms with Crippen molar-refractivity contribution in [3.8, 4) is 0 Å². The summed E-state index contributed by atoms with van der Waals surface area (Å²) < 4.78 is 0. The second kappa shape index (κ2) is 7.77. The first-order chi connectivity index (χ1) is 10.8. The lowest BCUT2D eigenvalue weighted by atomic mass is 10.2. The maximum absolute atomic E-state index is 3.35. The van der Waals surface area contributed by atoms with E-state index in [1.54, 1.807) is 9.80 Å². The van der Waals surface area contributed by atoms with E-state index < -0.39 is 0 Å². The van der Waals surface area contributed by atoms with E-state index in [9.17, 15) is 0 Å². The van der Waals surface area contributed by atoms with Crippen LogP contribution in [-0.4, -0.2) is 32.4 Å². The highest BCUT2D eigenvalue weighted by Gasteiger charge is 2.24. The van der Waals surface area contributed by atoms with Crippen LogP contribution in [-0.2, 0) is 13.1 Å². The van der Waals surface area contributed by atoms with Gasteiger partial charge in [0.25, 0.3) is 0 Å². The lowest BCUT2D eigenvalue weighted by Gasteiger charge is -2.29. The molecule has 4 heteroatoms. The van der Waals surface area contributed by atoms with Crippen LogP contribution < -0.4 is 14.8 Å². The van der Waals surface area contributed by atoms with E-state index in [4.69, 9.17) is 0 Å². The van der Waals surface area contributed by atoms with Crippen molar-refractivity contribution in [2.45, 2.75) is 18.0 Å². The summed E-state index contributed by atoms with van der Waals surface area (Å²) in [7, 11) is 0. The van der Waals surface area contributed by atoms with E-state index in [-0.39, 0.29) is 0 Å². The Morgan fingerprint density at radius 3 is 2.18 bits per heavy atom. The zero-order chi connectivity index (χ0) is 15.2. The molecule has 22 heavy (non-hydrogen) atoms. The number of thioether (sulfide) groups is 1. The molecule has 3 nitrogen and oxygen atoms in total. The number of benzene rings is 1. The molecule has 0 amide bonds. The van der Waals surface area contributed by atoms with Crippen LogP contribution in [0.3, 0.4) is 0 Å². The predicted molar refractivity (Wildman–Crippen MR) is 90.0 cm³/mol. The normalized spacial score (nSPS) is 21.7. The summed E-state index contributed by atoms with van der Waals surface area (Å²) in [5, 5.41) is 0. The molecule has 1 aliphatic rings. The minimum atomic E-state index is 1.12.